The number of esters is 1. The van der Waals surface area contributed by atoms with Crippen molar-refractivity contribution in [2.75, 3.05) is 11.9 Å². The molecule has 0 aliphatic heterocycles. The summed E-state index contributed by atoms with van der Waals surface area (Å²) in [7, 11) is 0. The molecule has 0 atom stereocenters. The summed E-state index contributed by atoms with van der Waals surface area (Å²) in [6.45, 7) is 3.74. The molecule has 2 N–H and O–H groups in total. The Morgan fingerprint density at radius 1 is 1.20 bits per heavy atom. The summed E-state index contributed by atoms with van der Waals surface area (Å²) in [6.07, 6.45) is 4.66. The molecule has 3 aromatic rings. The highest BCUT2D eigenvalue weighted by atomic mass is 32.1. The molecule has 158 valence electrons. The molecule has 8 nitrogen and oxygen atoms in total. The van der Waals surface area contributed by atoms with Crippen molar-refractivity contribution in [3.05, 3.63) is 37.2 Å². The van der Waals surface area contributed by atoms with E-state index in [1.165, 1.54) is 16.2 Å². The number of anilines is 1. The van der Waals surface area contributed by atoms with Crippen LogP contribution in [0.15, 0.2) is 4.79 Å². The second-order valence-corrected chi connectivity index (χ2v) is 9.38. The second-order valence-electron chi connectivity index (χ2n) is 7.10. The van der Waals surface area contributed by atoms with Gasteiger partial charge in [0.05, 0.1) is 12.0 Å². The minimum Gasteiger partial charge on any atom is -0.461 e. The Morgan fingerprint density at radius 3 is 2.80 bits per heavy atom. The van der Waals surface area contributed by atoms with E-state index in [1.54, 1.807) is 25.2 Å². The first kappa shape index (κ1) is 20.7. The van der Waals surface area contributed by atoms with Crippen LogP contribution in [0.4, 0.5) is 5.13 Å². The zero-order valence-corrected chi connectivity index (χ0v) is 18.4. The van der Waals surface area contributed by atoms with Crippen molar-refractivity contribution < 1.29 is 14.3 Å². The lowest BCUT2D eigenvalue weighted by Gasteiger charge is -2.09. The number of carbonyl (C=O) groups excluding carboxylic acids is 2. The van der Waals surface area contributed by atoms with Gasteiger partial charge in [0.2, 0.25) is 5.91 Å². The Balaban J connectivity index is 1.43. The first-order valence-electron chi connectivity index (χ1n) is 9.94. The van der Waals surface area contributed by atoms with E-state index >= 15 is 0 Å². The van der Waals surface area contributed by atoms with Gasteiger partial charge < -0.3 is 15.0 Å². The molecule has 30 heavy (non-hydrogen) atoms. The zero-order chi connectivity index (χ0) is 21.3. The molecule has 0 saturated carbocycles. The number of carbonyl (C=O) groups is 2. The van der Waals surface area contributed by atoms with Crippen LogP contribution < -0.4 is 10.9 Å². The van der Waals surface area contributed by atoms with Gasteiger partial charge in [0.25, 0.3) is 5.56 Å². The van der Waals surface area contributed by atoms with Crippen molar-refractivity contribution in [3.8, 4) is 0 Å². The van der Waals surface area contributed by atoms with E-state index in [0.717, 1.165) is 36.1 Å². The Labute approximate surface area is 180 Å². The largest absolute Gasteiger partial charge is 0.461 e. The average molecular weight is 447 g/mol. The molecular formula is C20H22N4O4S2. The number of rotatable bonds is 6. The molecule has 10 heteroatoms. The molecule has 0 radical (unpaired) electrons. The summed E-state index contributed by atoms with van der Waals surface area (Å²) in [5.74, 6) is -0.253. The normalized spacial score (nSPS) is 13.3. The zero-order valence-electron chi connectivity index (χ0n) is 16.8. The highest BCUT2D eigenvalue weighted by Crippen LogP contribution is 2.33. The lowest BCUT2D eigenvalue weighted by atomic mass is 9.97. The highest BCUT2D eigenvalue weighted by Gasteiger charge is 2.20. The Kier molecular flexibility index (Phi) is 5.96. The molecular weight excluding hydrogens is 424 g/mol. The molecule has 0 bridgehead atoms. The minimum absolute atomic E-state index is 0.121. The maximum atomic E-state index is 12.6. The van der Waals surface area contributed by atoms with Crippen LogP contribution in [0, 0.1) is 6.92 Å². The first-order valence-corrected chi connectivity index (χ1v) is 11.6. The number of ether oxygens (including phenoxy) is 1. The molecule has 1 aliphatic rings. The Hall–Kier alpha value is -2.59. The van der Waals surface area contributed by atoms with Crippen LogP contribution in [-0.4, -0.2) is 33.4 Å². The number of nitrogens with one attached hydrogen (secondary N) is 2. The predicted molar refractivity (Wildman–Crippen MR) is 117 cm³/mol. The van der Waals surface area contributed by atoms with Crippen LogP contribution in [0.5, 0.6) is 0 Å². The molecule has 0 spiro atoms. The fraction of sp³-hybridized carbons (Fsp3) is 0.450. The van der Waals surface area contributed by atoms with E-state index in [0.29, 0.717) is 27.6 Å². The summed E-state index contributed by atoms with van der Waals surface area (Å²) in [6, 6.07) is 0. The maximum Gasteiger partial charge on any atom is 0.358 e. The Bertz CT molecular complexity index is 1180. The number of fused-ring (bicyclic) bond motifs is 3. The summed E-state index contributed by atoms with van der Waals surface area (Å²) in [4.78, 5) is 51.1. The quantitative estimate of drug-likeness (QED) is 0.561. The van der Waals surface area contributed by atoms with Gasteiger partial charge in [-0.15, -0.1) is 22.7 Å². The summed E-state index contributed by atoms with van der Waals surface area (Å²) >= 11 is 2.81. The third-order valence-corrected chi connectivity index (χ3v) is 7.05. The fourth-order valence-electron chi connectivity index (χ4n) is 3.58. The monoisotopic (exact) mass is 446 g/mol. The van der Waals surface area contributed by atoms with E-state index in [2.05, 4.69) is 20.3 Å². The van der Waals surface area contributed by atoms with E-state index in [4.69, 9.17) is 4.74 Å². The number of thiophene rings is 1. The highest BCUT2D eigenvalue weighted by molar-refractivity contribution is 7.18. The van der Waals surface area contributed by atoms with Gasteiger partial charge >= 0.3 is 5.97 Å². The van der Waals surface area contributed by atoms with Gasteiger partial charge in [0, 0.05) is 22.6 Å². The number of hydrogen-bond donors (Lipinski definition) is 2. The molecule has 1 amide bonds. The average Bonchev–Trinajstić information content (AvgIpc) is 3.26. The van der Waals surface area contributed by atoms with Crippen molar-refractivity contribution in [2.45, 2.75) is 52.4 Å². The number of aromatic nitrogens is 3. The van der Waals surface area contributed by atoms with Crippen LogP contribution >= 0.6 is 22.7 Å². The molecule has 0 saturated heterocycles. The number of H-pyrrole nitrogens is 1. The predicted octanol–water partition coefficient (Wildman–Crippen LogP) is 3.38. The molecule has 0 unspecified atom stereocenters. The molecule has 3 aromatic heterocycles. The molecule has 1 aliphatic carbocycles. The number of nitrogens with zero attached hydrogens (tertiary/aromatic N) is 2. The van der Waals surface area contributed by atoms with Gasteiger partial charge in [0.1, 0.15) is 10.7 Å². The van der Waals surface area contributed by atoms with Gasteiger partial charge in [-0.1, -0.05) is 0 Å². The van der Waals surface area contributed by atoms with Gasteiger partial charge in [-0.05, 0) is 45.1 Å². The fourth-order valence-corrected chi connectivity index (χ4v) is 5.68. The van der Waals surface area contributed by atoms with Crippen LogP contribution in [0.3, 0.4) is 0 Å². The summed E-state index contributed by atoms with van der Waals surface area (Å²) in [5.41, 5.74) is 1.25. The van der Waals surface area contributed by atoms with Crippen LogP contribution in [0.2, 0.25) is 0 Å². The molecule has 0 aromatic carbocycles. The van der Waals surface area contributed by atoms with E-state index in [9.17, 15) is 14.4 Å². The molecule has 3 heterocycles. The number of amides is 1. The topological polar surface area (TPSA) is 114 Å². The third-order valence-electron chi connectivity index (χ3n) is 4.97. The van der Waals surface area contributed by atoms with E-state index in [-0.39, 0.29) is 30.2 Å². The third kappa shape index (κ3) is 4.15. The maximum absolute atomic E-state index is 12.6. The summed E-state index contributed by atoms with van der Waals surface area (Å²) in [5, 5.41) is 3.77. The van der Waals surface area contributed by atoms with Gasteiger partial charge in [-0.3, -0.25) is 9.59 Å². The van der Waals surface area contributed by atoms with Crippen molar-refractivity contribution >= 4 is 49.9 Å². The van der Waals surface area contributed by atoms with Crippen molar-refractivity contribution in [3.63, 3.8) is 0 Å². The van der Waals surface area contributed by atoms with E-state index < -0.39 is 5.97 Å². The van der Waals surface area contributed by atoms with Gasteiger partial charge in [-0.2, -0.15) is 0 Å². The van der Waals surface area contributed by atoms with Gasteiger partial charge in [0.15, 0.2) is 10.8 Å². The SMILES string of the molecule is CCOC(=O)c1nc(NC(=O)CCc2nc3sc4c(c3c(=O)[nH]2)CCCC4)sc1C. The molecule has 4 rings (SSSR count). The lowest BCUT2D eigenvalue weighted by molar-refractivity contribution is -0.116. The lowest BCUT2D eigenvalue weighted by Crippen LogP contribution is -2.16. The van der Waals surface area contributed by atoms with Crippen molar-refractivity contribution in [1.82, 2.24) is 15.0 Å². The molecule has 0 fully saturated rings. The van der Waals surface area contributed by atoms with Crippen LogP contribution in [0.25, 0.3) is 10.2 Å². The van der Waals surface area contributed by atoms with E-state index in [1.807, 2.05) is 0 Å². The first-order chi connectivity index (χ1) is 14.5. The van der Waals surface area contributed by atoms with Gasteiger partial charge in [-0.25, -0.2) is 14.8 Å². The number of thiazole rings is 1. The summed E-state index contributed by atoms with van der Waals surface area (Å²) < 4.78 is 4.96. The smallest absolute Gasteiger partial charge is 0.358 e. The standard InChI is InChI=1S/C20H22N4O4S2/c1-3-28-19(27)16-10(2)29-20(24-16)23-14(25)9-8-13-21-17(26)15-11-6-4-5-7-12(11)30-18(15)22-13/h3-9H2,1-2H3,(H,21,22,26)(H,23,24,25). The van der Waals surface area contributed by atoms with Crippen molar-refractivity contribution in [1.29, 1.82) is 0 Å². The second kappa shape index (κ2) is 8.65. The number of aromatic amines is 1. The minimum atomic E-state index is -0.500. The number of aryl methyl sites for hydroxylation is 4. The van der Waals surface area contributed by atoms with Crippen LogP contribution in [-0.2, 0) is 28.8 Å². The van der Waals surface area contributed by atoms with Crippen molar-refractivity contribution in [2.24, 2.45) is 0 Å². The number of hydrogen-bond acceptors (Lipinski definition) is 8. The Morgan fingerprint density at radius 2 is 2.00 bits per heavy atom. The van der Waals surface area contributed by atoms with Crippen LogP contribution in [0.1, 0.15) is 57.8 Å².